The van der Waals surface area contributed by atoms with Gasteiger partial charge in [-0.2, -0.15) is 0 Å². The number of hydrogen-bond donors (Lipinski definition) is 3. The first kappa shape index (κ1) is 25.7. The molecule has 2 amide bonds. The minimum absolute atomic E-state index is 0.109. The number of benzene rings is 2. The van der Waals surface area contributed by atoms with E-state index >= 15 is 0 Å². The average Bonchev–Trinajstić information content (AvgIpc) is 3.08. The van der Waals surface area contributed by atoms with Crippen LogP contribution < -0.4 is 5.32 Å². The zero-order valence-corrected chi connectivity index (χ0v) is 20.1. The third kappa shape index (κ3) is 5.13. The van der Waals surface area contributed by atoms with Gasteiger partial charge in [-0.05, 0) is 38.8 Å². The quantitative estimate of drug-likeness (QED) is 0.575. The largest absolute Gasteiger partial charge is 0.480 e. The van der Waals surface area contributed by atoms with Gasteiger partial charge in [0.15, 0.2) is 5.54 Å². The normalized spacial score (nSPS) is 24.0. The molecule has 186 valence electrons. The van der Waals surface area contributed by atoms with Gasteiger partial charge in [-0.1, -0.05) is 60.7 Å². The van der Waals surface area contributed by atoms with Gasteiger partial charge in [0, 0.05) is 12.5 Å². The van der Waals surface area contributed by atoms with Crippen molar-refractivity contribution in [3.05, 3.63) is 71.8 Å². The summed E-state index contributed by atoms with van der Waals surface area (Å²) in [7, 11) is 0. The van der Waals surface area contributed by atoms with E-state index in [1.807, 2.05) is 6.07 Å². The minimum atomic E-state index is -2.20. The molecule has 1 aliphatic heterocycles. The Morgan fingerprint density at radius 3 is 2.00 bits per heavy atom. The monoisotopic (exact) mass is 482 g/mol. The molecule has 0 saturated carbocycles. The van der Waals surface area contributed by atoms with Crippen LogP contribution >= 0.6 is 0 Å². The number of carbonyl (C=O) groups excluding carboxylic acids is 2. The van der Waals surface area contributed by atoms with E-state index in [2.05, 4.69) is 5.32 Å². The SMILES string of the molecule is CC(C)(C)OC(=O)N1[C@H](C(=O)O)[C@@H](c2ccccc2)[C@H](C(=O)NCc2ccccc2)[C@@]1(C)C(=O)O. The van der Waals surface area contributed by atoms with E-state index in [0.29, 0.717) is 10.5 Å². The third-order valence-corrected chi connectivity index (χ3v) is 6.14. The summed E-state index contributed by atoms with van der Waals surface area (Å²) in [5, 5.41) is 23.3. The first-order valence-corrected chi connectivity index (χ1v) is 11.2. The molecule has 0 spiro atoms. The zero-order valence-electron chi connectivity index (χ0n) is 20.1. The molecule has 3 rings (SSSR count). The Morgan fingerprint density at radius 2 is 1.51 bits per heavy atom. The van der Waals surface area contributed by atoms with Crippen LogP contribution in [0.3, 0.4) is 0 Å². The zero-order chi connectivity index (χ0) is 26.0. The lowest BCUT2D eigenvalue weighted by Crippen LogP contribution is -2.60. The second-order valence-corrected chi connectivity index (χ2v) is 9.70. The molecule has 1 aliphatic rings. The minimum Gasteiger partial charge on any atom is -0.480 e. The van der Waals surface area contributed by atoms with Gasteiger partial charge in [0.1, 0.15) is 11.6 Å². The van der Waals surface area contributed by atoms with Gasteiger partial charge in [-0.15, -0.1) is 0 Å². The van der Waals surface area contributed by atoms with E-state index < -0.39 is 53.0 Å². The van der Waals surface area contributed by atoms with Crippen LogP contribution in [0.15, 0.2) is 60.7 Å². The molecular formula is C26H30N2O7. The number of carboxylic acids is 2. The number of carboxylic acid groups (broad SMARTS) is 2. The van der Waals surface area contributed by atoms with Crippen LogP contribution in [0, 0.1) is 5.92 Å². The van der Waals surface area contributed by atoms with Crippen LogP contribution in [0.2, 0.25) is 0 Å². The first-order chi connectivity index (χ1) is 16.4. The molecule has 1 fully saturated rings. The van der Waals surface area contributed by atoms with E-state index in [1.54, 1.807) is 75.4 Å². The number of ether oxygens (including phenoxy) is 1. The lowest BCUT2D eigenvalue weighted by molar-refractivity contribution is -0.156. The van der Waals surface area contributed by atoms with Crippen molar-refractivity contribution in [3.63, 3.8) is 0 Å². The molecule has 0 aliphatic carbocycles. The Morgan fingerprint density at radius 1 is 0.971 bits per heavy atom. The Kier molecular flexibility index (Phi) is 7.19. The Labute approximate surface area is 203 Å². The lowest BCUT2D eigenvalue weighted by atomic mass is 9.75. The van der Waals surface area contributed by atoms with E-state index in [1.165, 1.54) is 6.92 Å². The fourth-order valence-electron chi connectivity index (χ4n) is 4.61. The molecule has 0 radical (unpaired) electrons. The highest BCUT2D eigenvalue weighted by Gasteiger charge is 2.68. The predicted octanol–water partition coefficient (Wildman–Crippen LogP) is 3.25. The van der Waals surface area contributed by atoms with Crippen LogP contribution in [-0.2, 0) is 25.7 Å². The van der Waals surface area contributed by atoms with Gasteiger partial charge in [-0.3, -0.25) is 9.69 Å². The van der Waals surface area contributed by atoms with Gasteiger partial charge in [-0.25, -0.2) is 14.4 Å². The Balaban J connectivity index is 2.15. The maximum Gasteiger partial charge on any atom is 0.412 e. The van der Waals surface area contributed by atoms with Gasteiger partial charge in [0.05, 0.1) is 5.92 Å². The molecule has 1 heterocycles. The van der Waals surface area contributed by atoms with Crippen LogP contribution in [0.4, 0.5) is 4.79 Å². The highest BCUT2D eigenvalue weighted by molar-refractivity contribution is 5.98. The molecule has 0 aromatic heterocycles. The molecule has 35 heavy (non-hydrogen) atoms. The van der Waals surface area contributed by atoms with E-state index in [4.69, 9.17) is 4.74 Å². The second kappa shape index (κ2) is 9.77. The van der Waals surface area contributed by atoms with Gasteiger partial charge in [0.25, 0.3) is 0 Å². The first-order valence-electron chi connectivity index (χ1n) is 11.2. The summed E-state index contributed by atoms with van der Waals surface area (Å²) >= 11 is 0. The highest BCUT2D eigenvalue weighted by atomic mass is 16.6. The summed E-state index contributed by atoms with van der Waals surface area (Å²) < 4.78 is 5.42. The van der Waals surface area contributed by atoms with E-state index in [-0.39, 0.29) is 6.54 Å². The number of hydrogen-bond acceptors (Lipinski definition) is 5. The van der Waals surface area contributed by atoms with Crippen LogP contribution in [0.5, 0.6) is 0 Å². The summed E-state index contributed by atoms with van der Waals surface area (Å²) in [6.07, 6.45) is -1.12. The average molecular weight is 483 g/mol. The molecule has 2 aromatic rings. The molecule has 9 heteroatoms. The lowest BCUT2D eigenvalue weighted by Gasteiger charge is -2.36. The number of rotatable bonds is 6. The summed E-state index contributed by atoms with van der Waals surface area (Å²) in [6, 6.07) is 15.7. The van der Waals surface area contributed by atoms with Crippen LogP contribution in [0.25, 0.3) is 0 Å². The standard InChI is InChI=1S/C26H30N2O7/c1-25(2,3)35-24(34)28-20(22(30)31)18(17-13-9-6-10-14-17)19(26(28,4)23(32)33)21(29)27-15-16-11-7-5-8-12-16/h5-14,18-20H,15H2,1-4H3,(H,27,29)(H,30,31)(H,32,33)/t18-,19+,20-,26-/m0/s1. The molecule has 9 nitrogen and oxygen atoms in total. The maximum absolute atomic E-state index is 13.6. The number of nitrogens with one attached hydrogen (secondary N) is 1. The number of likely N-dealkylation sites (tertiary alicyclic amines) is 1. The number of carbonyl (C=O) groups is 4. The predicted molar refractivity (Wildman–Crippen MR) is 126 cm³/mol. The van der Waals surface area contributed by atoms with Crippen molar-refractivity contribution >= 4 is 23.9 Å². The van der Waals surface area contributed by atoms with Crippen molar-refractivity contribution in [1.82, 2.24) is 10.2 Å². The topological polar surface area (TPSA) is 133 Å². The van der Waals surface area contributed by atoms with E-state index in [0.717, 1.165) is 5.56 Å². The van der Waals surface area contributed by atoms with Crippen LogP contribution in [-0.4, -0.2) is 56.2 Å². The summed E-state index contributed by atoms with van der Waals surface area (Å²) in [5.74, 6) is -6.17. The molecule has 1 saturated heterocycles. The van der Waals surface area contributed by atoms with Crippen molar-refractivity contribution in [2.24, 2.45) is 5.92 Å². The summed E-state index contributed by atoms with van der Waals surface area (Å²) in [5.41, 5.74) is -2.01. The van der Waals surface area contributed by atoms with Gasteiger partial charge >= 0.3 is 18.0 Å². The molecule has 3 N–H and O–H groups in total. The smallest absolute Gasteiger partial charge is 0.412 e. The van der Waals surface area contributed by atoms with Crippen molar-refractivity contribution < 1.29 is 34.1 Å². The molecular weight excluding hydrogens is 452 g/mol. The van der Waals surface area contributed by atoms with Crippen molar-refractivity contribution in [2.45, 2.75) is 57.3 Å². The number of amides is 2. The maximum atomic E-state index is 13.6. The van der Waals surface area contributed by atoms with Gasteiger partial charge in [0.2, 0.25) is 5.91 Å². The van der Waals surface area contributed by atoms with Crippen LogP contribution in [0.1, 0.15) is 44.7 Å². The Hall–Kier alpha value is -3.88. The van der Waals surface area contributed by atoms with E-state index in [9.17, 15) is 29.4 Å². The second-order valence-electron chi connectivity index (χ2n) is 9.70. The van der Waals surface area contributed by atoms with Crippen molar-refractivity contribution in [2.75, 3.05) is 0 Å². The van der Waals surface area contributed by atoms with Gasteiger partial charge < -0.3 is 20.3 Å². The Bertz CT molecular complexity index is 1100. The number of aliphatic carboxylic acids is 2. The highest BCUT2D eigenvalue weighted by Crippen LogP contribution is 2.49. The van der Waals surface area contributed by atoms with Crippen molar-refractivity contribution in [1.29, 1.82) is 0 Å². The van der Waals surface area contributed by atoms with Crippen molar-refractivity contribution in [3.8, 4) is 0 Å². The number of nitrogens with zero attached hydrogens (tertiary/aromatic N) is 1. The molecule has 0 unspecified atom stereocenters. The third-order valence-electron chi connectivity index (χ3n) is 6.14. The molecule has 2 aromatic carbocycles. The molecule has 4 atom stereocenters. The fraction of sp³-hybridized carbons (Fsp3) is 0.385. The summed E-state index contributed by atoms with van der Waals surface area (Å²) in [4.78, 5) is 52.8. The fourth-order valence-corrected chi connectivity index (χ4v) is 4.61. The summed E-state index contributed by atoms with van der Waals surface area (Å²) in [6.45, 7) is 6.08. The molecule has 0 bridgehead atoms.